The zero-order valence-corrected chi connectivity index (χ0v) is 17.7. The topological polar surface area (TPSA) is 80.8 Å². The zero-order valence-electron chi connectivity index (χ0n) is 16.8. The van der Waals surface area contributed by atoms with Gasteiger partial charge in [0.2, 0.25) is 0 Å². The predicted molar refractivity (Wildman–Crippen MR) is 116 cm³/mol. The Bertz CT molecular complexity index is 1030. The number of aryl methyl sites for hydroxylation is 1. The summed E-state index contributed by atoms with van der Waals surface area (Å²) in [5.74, 6) is -0.266. The molecule has 0 unspecified atom stereocenters. The van der Waals surface area contributed by atoms with E-state index in [1.807, 2.05) is 12.1 Å². The van der Waals surface area contributed by atoms with Gasteiger partial charge in [-0.25, -0.2) is 4.98 Å². The Labute approximate surface area is 173 Å². The largest absolute Gasteiger partial charge is 0.340 e. The van der Waals surface area contributed by atoms with Crippen LogP contribution in [0.4, 0.5) is 10.8 Å². The van der Waals surface area contributed by atoms with Crippen LogP contribution in [0.5, 0.6) is 0 Å². The first-order valence-corrected chi connectivity index (χ1v) is 10.5. The molecule has 7 nitrogen and oxygen atoms in total. The Morgan fingerprint density at radius 3 is 2.72 bits per heavy atom. The lowest BCUT2D eigenvalue weighted by Crippen LogP contribution is -3.05. The van der Waals surface area contributed by atoms with Crippen LogP contribution in [0, 0.1) is 10.1 Å². The van der Waals surface area contributed by atoms with Crippen molar-refractivity contribution in [3.05, 3.63) is 63.7 Å². The summed E-state index contributed by atoms with van der Waals surface area (Å²) in [6, 6.07) is 12.0. The monoisotopic (exact) mass is 413 g/mol. The minimum Gasteiger partial charge on any atom is -0.340 e. The Morgan fingerprint density at radius 1 is 1.24 bits per heavy atom. The molecule has 0 saturated carbocycles. The van der Waals surface area contributed by atoms with Gasteiger partial charge in [-0.1, -0.05) is 30.4 Å². The van der Waals surface area contributed by atoms with Gasteiger partial charge in [-0.2, -0.15) is 0 Å². The van der Waals surface area contributed by atoms with Gasteiger partial charge < -0.3 is 4.90 Å². The number of rotatable bonds is 8. The number of nitrogens with one attached hydrogen (secondary N) is 1. The van der Waals surface area contributed by atoms with Crippen molar-refractivity contribution in [2.75, 3.05) is 32.1 Å². The van der Waals surface area contributed by atoms with Gasteiger partial charge in [0.25, 0.3) is 11.6 Å². The fourth-order valence-electron chi connectivity index (χ4n) is 3.08. The summed E-state index contributed by atoms with van der Waals surface area (Å²) in [5.41, 5.74) is 2.29. The van der Waals surface area contributed by atoms with Gasteiger partial charge in [0.15, 0.2) is 5.13 Å². The van der Waals surface area contributed by atoms with E-state index in [1.54, 1.807) is 17.0 Å². The first-order valence-electron chi connectivity index (χ1n) is 9.64. The number of benzene rings is 2. The Kier molecular flexibility index (Phi) is 6.56. The van der Waals surface area contributed by atoms with E-state index in [4.69, 9.17) is 0 Å². The van der Waals surface area contributed by atoms with Crippen molar-refractivity contribution in [2.24, 2.45) is 0 Å². The van der Waals surface area contributed by atoms with Crippen molar-refractivity contribution in [1.82, 2.24) is 4.98 Å². The van der Waals surface area contributed by atoms with Gasteiger partial charge in [0.1, 0.15) is 0 Å². The molecule has 152 valence electrons. The highest BCUT2D eigenvalue weighted by molar-refractivity contribution is 7.22. The lowest BCUT2D eigenvalue weighted by Gasteiger charge is -2.20. The average molecular weight is 414 g/mol. The van der Waals surface area contributed by atoms with Crippen LogP contribution in [-0.2, 0) is 6.42 Å². The first kappa shape index (κ1) is 20.9. The van der Waals surface area contributed by atoms with Crippen molar-refractivity contribution in [1.29, 1.82) is 0 Å². The van der Waals surface area contributed by atoms with E-state index < -0.39 is 4.92 Å². The number of aromatic nitrogens is 1. The molecule has 0 radical (unpaired) electrons. The molecule has 0 fully saturated rings. The summed E-state index contributed by atoms with van der Waals surface area (Å²) in [6.45, 7) is 3.52. The first-order chi connectivity index (χ1) is 13.9. The lowest BCUT2D eigenvalue weighted by atomic mass is 10.1. The summed E-state index contributed by atoms with van der Waals surface area (Å²) >= 11 is 1.48. The second-order valence-electron chi connectivity index (χ2n) is 7.23. The molecule has 0 atom stereocenters. The van der Waals surface area contributed by atoms with Crippen LogP contribution in [0.15, 0.2) is 42.5 Å². The maximum absolute atomic E-state index is 13.3. The normalized spacial score (nSPS) is 11.2. The van der Waals surface area contributed by atoms with E-state index in [-0.39, 0.29) is 11.6 Å². The van der Waals surface area contributed by atoms with Crippen molar-refractivity contribution in [2.45, 2.75) is 19.8 Å². The van der Waals surface area contributed by atoms with E-state index in [0.29, 0.717) is 17.2 Å². The number of non-ortho nitro benzene ring substituents is 1. The molecule has 3 aromatic rings. The number of amides is 1. The van der Waals surface area contributed by atoms with Gasteiger partial charge in [-0.15, -0.1) is 0 Å². The molecular formula is C21H25N4O3S+. The molecule has 0 saturated heterocycles. The molecule has 0 aliphatic heterocycles. The van der Waals surface area contributed by atoms with Crippen LogP contribution in [0.1, 0.15) is 29.3 Å². The standard InChI is InChI=1S/C21H24N4O3S/c1-4-15-9-10-18-19(13-15)29-21(22-18)24(12-6-11-23(2)3)20(26)16-7-5-8-17(14-16)25(27)28/h5,7-10,13-14H,4,6,11-12H2,1-3H3/p+1. The quantitative estimate of drug-likeness (QED) is 0.455. The molecule has 8 heteroatoms. The molecule has 1 aromatic heterocycles. The van der Waals surface area contributed by atoms with E-state index in [9.17, 15) is 14.9 Å². The van der Waals surface area contributed by atoms with Gasteiger partial charge in [-0.3, -0.25) is 19.8 Å². The van der Waals surface area contributed by atoms with Crippen molar-refractivity contribution in [3.8, 4) is 0 Å². The minimum atomic E-state index is -0.486. The molecule has 1 N–H and O–H groups in total. The number of hydrogen-bond donors (Lipinski definition) is 1. The summed E-state index contributed by atoms with van der Waals surface area (Å²) in [7, 11) is 4.13. The van der Waals surface area contributed by atoms with E-state index >= 15 is 0 Å². The fourth-order valence-corrected chi connectivity index (χ4v) is 4.13. The van der Waals surface area contributed by atoms with E-state index in [2.05, 4.69) is 32.1 Å². The van der Waals surface area contributed by atoms with E-state index in [1.165, 1.54) is 33.9 Å². The maximum atomic E-state index is 13.3. The number of carbonyl (C=O) groups is 1. The van der Waals surface area contributed by atoms with Gasteiger partial charge in [-0.05, 0) is 30.2 Å². The number of carbonyl (C=O) groups excluding carboxylic acids is 1. The Balaban J connectivity index is 1.96. The fraction of sp³-hybridized carbons (Fsp3) is 0.333. The third kappa shape index (κ3) is 4.96. The van der Waals surface area contributed by atoms with E-state index in [0.717, 1.165) is 29.6 Å². The highest BCUT2D eigenvalue weighted by Gasteiger charge is 2.23. The molecule has 2 aromatic carbocycles. The lowest BCUT2D eigenvalue weighted by molar-refractivity contribution is -0.858. The van der Waals surface area contributed by atoms with Gasteiger partial charge in [0.05, 0.1) is 35.8 Å². The number of anilines is 1. The molecule has 0 spiro atoms. The summed E-state index contributed by atoms with van der Waals surface area (Å²) < 4.78 is 1.04. The smallest absolute Gasteiger partial charge is 0.270 e. The Hall–Kier alpha value is -2.84. The number of nitro benzene ring substituents is 1. The summed E-state index contributed by atoms with van der Waals surface area (Å²) in [5, 5.41) is 11.7. The highest BCUT2D eigenvalue weighted by atomic mass is 32.1. The number of fused-ring (bicyclic) bond motifs is 1. The van der Waals surface area contributed by atoms with Crippen molar-refractivity contribution >= 4 is 38.3 Å². The summed E-state index contributed by atoms with van der Waals surface area (Å²) in [4.78, 5) is 31.5. The third-order valence-electron chi connectivity index (χ3n) is 4.69. The number of thiazole rings is 1. The molecular weight excluding hydrogens is 388 g/mol. The number of nitro groups is 1. The molecule has 1 heterocycles. The second kappa shape index (κ2) is 9.11. The van der Waals surface area contributed by atoms with Crippen LogP contribution in [-0.4, -0.2) is 43.0 Å². The van der Waals surface area contributed by atoms with Crippen LogP contribution in [0.25, 0.3) is 10.2 Å². The maximum Gasteiger partial charge on any atom is 0.270 e. The Morgan fingerprint density at radius 2 is 2.03 bits per heavy atom. The van der Waals surface area contributed by atoms with Crippen LogP contribution >= 0.6 is 11.3 Å². The molecule has 1 amide bonds. The summed E-state index contributed by atoms with van der Waals surface area (Å²) in [6.07, 6.45) is 1.74. The van der Waals surface area contributed by atoms with Gasteiger partial charge in [0, 0.05) is 30.7 Å². The van der Waals surface area contributed by atoms with Crippen LogP contribution < -0.4 is 9.80 Å². The number of quaternary nitrogens is 1. The number of hydrogen-bond acceptors (Lipinski definition) is 5. The minimum absolute atomic E-state index is 0.0922. The molecule has 29 heavy (non-hydrogen) atoms. The SMILES string of the molecule is CCc1ccc2nc(N(CCC[NH+](C)C)C(=O)c3cccc([N+](=O)[O-])c3)sc2c1. The highest BCUT2D eigenvalue weighted by Crippen LogP contribution is 2.31. The molecule has 3 rings (SSSR count). The third-order valence-corrected chi connectivity index (χ3v) is 5.73. The zero-order chi connectivity index (χ0) is 21.0. The molecule has 0 aliphatic rings. The predicted octanol–water partition coefficient (Wildman–Crippen LogP) is 2.95. The van der Waals surface area contributed by atoms with Crippen LogP contribution in [0.2, 0.25) is 0 Å². The van der Waals surface area contributed by atoms with Crippen molar-refractivity contribution < 1.29 is 14.6 Å². The van der Waals surface area contributed by atoms with Crippen molar-refractivity contribution in [3.63, 3.8) is 0 Å². The molecule has 0 aliphatic carbocycles. The van der Waals surface area contributed by atoms with Crippen LogP contribution in [0.3, 0.4) is 0 Å². The van der Waals surface area contributed by atoms with Gasteiger partial charge >= 0.3 is 0 Å². The second-order valence-corrected chi connectivity index (χ2v) is 8.24. The molecule has 0 bridgehead atoms. The average Bonchev–Trinajstić information content (AvgIpc) is 3.13. The number of nitrogens with zero attached hydrogens (tertiary/aromatic N) is 3.